The molecule has 0 amide bonds. The Morgan fingerprint density at radius 2 is 1.75 bits per heavy atom. The monoisotopic (exact) mass is 212 g/mol. The number of nitrogens with zero attached hydrogens (tertiary/aromatic N) is 2. The van der Waals surface area contributed by atoms with Crippen LogP contribution in [-0.4, -0.2) is 5.16 Å². The van der Waals surface area contributed by atoms with E-state index in [0.29, 0.717) is 0 Å². The molecule has 1 aromatic heterocycles. The molecule has 0 radical (unpaired) electrons. The summed E-state index contributed by atoms with van der Waals surface area (Å²) in [4.78, 5) is 0. The average molecular weight is 212 g/mol. The zero-order valence-electron chi connectivity index (χ0n) is 9.53. The molecule has 0 saturated carbocycles. The van der Waals surface area contributed by atoms with E-state index in [1.165, 1.54) is 5.56 Å². The quantitative estimate of drug-likeness (QED) is 0.729. The summed E-state index contributed by atoms with van der Waals surface area (Å²) >= 11 is 0. The molecule has 0 atom stereocenters. The molecule has 0 aliphatic heterocycles. The minimum absolute atomic E-state index is 0.245. The van der Waals surface area contributed by atoms with Crippen LogP contribution < -0.4 is 0 Å². The molecule has 3 nitrogen and oxygen atoms in total. The third-order valence-corrected chi connectivity index (χ3v) is 2.55. The van der Waals surface area contributed by atoms with E-state index in [1.807, 2.05) is 19.9 Å². The lowest BCUT2D eigenvalue weighted by molar-refractivity contribution is 0.412. The van der Waals surface area contributed by atoms with Crippen molar-refractivity contribution in [1.82, 2.24) is 5.16 Å². The fourth-order valence-electron chi connectivity index (χ4n) is 2.03. The molecular weight excluding hydrogens is 200 g/mol. The SMILES string of the molecule is Cc1cc(C)c(-c2cc(C#N)on2)c(C)c1. The molecule has 16 heavy (non-hydrogen) atoms. The van der Waals surface area contributed by atoms with Crippen molar-refractivity contribution in [3.8, 4) is 17.3 Å². The summed E-state index contributed by atoms with van der Waals surface area (Å²) in [6.07, 6.45) is 0. The van der Waals surface area contributed by atoms with E-state index in [1.54, 1.807) is 6.07 Å². The normalized spacial score (nSPS) is 10.1. The topological polar surface area (TPSA) is 49.8 Å². The molecule has 0 saturated heterocycles. The summed E-state index contributed by atoms with van der Waals surface area (Å²) in [6, 6.07) is 7.81. The highest BCUT2D eigenvalue weighted by Gasteiger charge is 2.11. The minimum Gasteiger partial charge on any atom is -0.345 e. The molecule has 2 aromatic rings. The summed E-state index contributed by atoms with van der Waals surface area (Å²) in [5, 5.41) is 12.6. The van der Waals surface area contributed by atoms with Crippen LogP contribution in [0, 0.1) is 32.1 Å². The van der Waals surface area contributed by atoms with Crippen LogP contribution in [0.4, 0.5) is 0 Å². The van der Waals surface area contributed by atoms with E-state index in [-0.39, 0.29) is 5.76 Å². The lowest BCUT2D eigenvalue weighted by atomic mass is 9.97. The lowest BCUT2D eigenvalue weighted by Gasteiger charge is -2.07. The molecule has 0 aliphatic carbocycles. The summed E-state index contributed by atoms with van der Waals surface area (Å²) in [5.74, 6) is 0.245. The lowest BCUT2D eigenvalue weighted by Crippen LogP contribution is -1.89. The van der Waals surface area contributed by atoms with Gasteiger partial charge in [0.25, 0.3) is 0 Å². The van der Waals surface area contributed by atoms with Crippen LogP contribution >= 0.6 is 0 Å². The molecule has 0 fully saturated rings. The van der Waals surface area contributed by atoms with Crippen molar-refractivity contribution in [2.75, 3.05) is 0 Å². The second-order valence-electron chi connectivity index (χ2n) is 3.96. The standard InChI is InChI=1S/C13H12N2O/c1-8-4-9(2)13(10(3)5-8)12-6-11(7-14)16-15-12/h4-6H,1-3H3. The van der Waals surface area contributed by atoms with Crippen LogP contribution in [0.3, 0.4) is 0 Å². The number of benzene rings is 1. The van der Waals surface area contributed by atoms with Gasteiger partial charge in [0.2, 0.25) is 5.76 Å². The maximum absolute atomic E-state index is 8.70. The van der Waals surface area contributed by atoms with Crippen molar-refractivity contribution < 1.29 is 4.52 Å². The van der Waals surface area contributed by atoms with Gasteiger partial charge in [-0.25, -0.2) is 0 Å². The highest BCUT2D eigenvalue weighted by atomic mass is 16.5. The Balaban J connectivity index is 2.60. The largest absolute Gasteiger partial charge is 0.345 e. The first kappa shape index (κ1) is 10.4. The summed E-state index contributed by atoms with van der Waals surface area (Å²) in [6.45, 7) is 6.14. The van der Waals surface area contributed by atoms with Gasteiger partial charge in [-0.2, -0.15) is 5.26 Å². The second-order valence-corrected chi connectivity index (χ2v) is 3.96. The van der Waals surface area contributed by atoms with Gasteiger partial charge >= 0.3 is 0 Å². The Morgan fingerprint density at radius 1 is 1.12 bits per heavy atom. The van der Waals surface area contributed by atoms with E-state index in [0.717, 1.165) is 22.4 Å². The van der Waals surface area contributed by atoms with Crippen molar-refractivity contribution in [3.63, 3.8) is 0 Å². The molecule has 1 heterocycles. The molecule has 3 heteroatoms. The van der Waals surface area contributed by atoms with Gasteiger partial charge < -0.3 is 4.52 Å². The molecule has 0 spiro atoms. The van der Waals surface area contributed by atoms with Gasteiger partial charge in [0, 0.05) is 11.6 Å². The number of aromatic nitrogens is 1. The Bertz CT molecular complexity index is 553. The highest BCUT2D eigenvalue weighted by Crippen LogP contribution is 2.27. The Kier molecular flexibility index (Phi) is 2.49. The number of nitriles is 1. The zero-order chi connectivity index (χ0) is 11.7. The zero-order valence-corrected chi connectivity index (χ0v) is 9.53. The minimum atomic E-state index is 0.245. The van der Waals surface area contributed by atoms with Crippen molar-refractivity contribution >= 4 is 0 Å². The third-order valence-electron chi connectivity index (χ3n) is 2.55. The van der Waals surface area contributed by atoms with Crippen LogP contribution in [0.15, 0.2) is 22.7 Å². The number of aryl methyl sites for hydroxylation is 3. The molecule has 0 unspecified atom stereocenters. The van der Waals surface area contributed by atoms with Gasteiger partial charge in [0.15, 0.2) is 0 Å². The molecule has 1 aromatic carbocycles. The fraction of sp³-hybridized carbons (Fsp3) is 0.231. The van der Waals surface area contributed by atoms with Gasteiger partial charge in [-0.05, 0) is 31.9 Å². The van der Waals surface area contributed by atoms with Crippen LogP contribution in [0.5, 0.6) is 0 Å². The Labute approximate surface area is 94.3 Å². The maximum atomic E-state index is 8.70. The first-order valence-corrected chi connectivity index (χ1v) is 5.07. The van der Waals surface area contributed by atoms with E-state index >= 15 is 0 Å². The summed E-state index contributed by atoms with van der Waals surface area (Å²) < 4.78 is 4.90. The maximum Gasteiger partial charge on any atom is 0.236 e. The van der Waals surface area contributed by atoms with E-state index < -0.39 is 0 Å². The van der Waals surface area contributed by atoms with E-state index in [2.05, 4.69) is 24.2 Å². The predicted molar refractivity (Wildman–Crippen MR) is 60.9 cm³/mol. The molecule has 0 bridgehead atoms. The molecule has 0 aliphatic rings. The number of hydrogen-bond acceptors (Lipinski definition) is 3. The van der Waals surface area contributed by atoms with Crippen LogP contribution in [-0.2, 0) is 0 Å². The smallest absolute Gasteiger partial charge is 0.236 e. The Morgan fingerprint density at radius 3 is 2.25 bits per heavy atom. The fourth-order valence-corrected chi connectivity index (χ4v) is 2.03. The molecule has 0 N–H and O–H groups in total. The number of hydrogen-bond donors (Lipinski definition) is 0. The van der Waals surface area contributed by atoms with Crippen molar-refractivity contribution in [3.05, 3.63) is 40.6 Å². The van der Waals surface area contributed by atoms with Gasteiger partial charge in [-0.15, -0.1) is 0 Å². The van der Waals surface area contributed by atoms with Crippen LogP contribution in [0.1, 0.15) is 22.5 Å². The summed E-state index contributed by atoms with van der Waals surface area (Å²) in [5.41, 5.74) is 5.30. The average Bonchev–Trinajstić information content (AvgIpc) is 2.64. The van der Waals surface area contributed by atoms with Crippen molar-refractivity contribution in [1.29, 1.82) is 5.26 Å². The first-order valence-electron chi connectivity index (χ1n) is 5.07. The van der Waals surface area contributed by atoms with Crippen LogP contribution in [0.2, 0.25) is 0 Å². The van der Waals surface area contributed by atoms with Crippen LogP contribution in [0.25, 0.3) is 11.3 Å². The van der Waals surface area contributed by atoms with Gasteiger partial charge in [-0.3, -0.25) is 0 Å². The molecular formula is C13H12N2O. The van der Waals surface area contributed by atoms with Crippen molar-refractivity contribution in [2.24, 2.45) is 0 Å². The van der Waals surface area contributed by atoms with E-state index in [9.17, 15) is 0 Å². The Hall–Kier alpha value is -2.08. The van der Waals surface area contributed by atoms with E-state index in [4.69, 9.17) is 9.78 Å². The van der Waals surface area contributed by atoms with Gasteiger partial charge in [0.05, 0.1) is 0 Å². The van der Waals surface area contributed by atoms with Crippen molar-refractivity contribution in [2.45, 2.75) is 20.8 Å². The third kappa shape index (κ3) is 1.70. The second kappa shape index (κ2) is 3.82. The first-order chi connectivity index (χ1) is 7.61. The highest BCUT2D eigenvalue weighted by molar-refractivity contribution is 5.68. The predicted octanol–water partition coefficient (Wildman–Crippen LogP) is 3.14. The summed E-state index contributed by atoms with van der Waals surface area (Å²) in [7, 11) is 0. The molecule has 80 valence electrons. The van der Waals surface area contributed by atoms with Gasteiger partial charge in [-0.1, -0.05) is 22.9 Å². The van der Waals surface area contributed by atoms with Gasteiger partial charge in [0.1, 0.15) is 11.8 Å². The number of rotatable bonds is 1. The molecule has 2 rings (SSSR count).